The molecule has 1 aromatic heterocycles. The van der Waals surface area contributed by atoms with Crippen molar-refractivity contribution in [2.75, 3.05) is 24.2 Å². The van der Waals surface area contributed by atoms with Crippen LogP contribution in [-0.4, -0.2) is 34.8 Å². The van der Waals surface area contributed by atoms with Gasteiger partial charge >= 0.3 is 0 Å². The van der Waals surface area contributed by atoms with Crippen molar-refractivity contribution < 1.29 is 5.11 Å². The van der Waals surface area contributed by atoms with E-state index in [0.29, 0.717) is 11.8 Å². The summed E-state index contributed by atoms with van der Waals surface area (Å²) in [5.41, 5.74) is 0. The third-order valence-corrected chi connectivity index (χ3v) is 4.33. The van der Waals surface area contributed by atoms with Gasteiger partial charge < -0.3 is 15.7 Å². The Kier molecular flexibility index (Phi) is 4.05. The molecule has 0 aromatic carbocycles. The quantitative estimate of drug-likeness (QED) is 0.770. The molecule has 2 aliphatic carbocycles. The van der Waals surface area contributed by atoms with Gasteiger partial charge in [-0.2, -0.15) is 0 Å². The van der Waals surface area contributed by atoms with Crippen LogP contribution in [0.25, 0.3) is 0 Å². The fourth-order valence-electron chi connectivity index (χ4n) is 2.81. The summed E-state index contributed by atoms with van der Waals surface area (Å²) in [6.07, 6.45) is 6.43. The van der Waals surface area contributed by atoms with Gasteiger partial charge in [-0.25, -0.2) is 9.97 Å². The van der Waals surface area contributed by atoms with Gasteiger partial charge in [0.2, 0.25) is 0 Å². The first-order valence-corrected chi connectivity index (χ1v) is 7.73. The molecule has 0 bridgehead atoms. The zero-order chi connectivity index (χ0) is 13.9. The van der Waals surface area contributed by atoms with Gasteiger partial charge in [0, 0.05) is 25.6 Å². The van der Waals surface area contributed by atoms with Crippen molar-refractivity contribution in [2.24, 2.45) is 5.92 Å². The summed E-state index contributed by atoms with van der Waals surface area (Å²) < 4.78 is 0. The normalized spacial score (nSPS) is 26.3. The number of nitrogens with zero attached hydrogens (tertiary/aromatic N) is 2. The number of aromatic nitrogens is 2. The van der Waals surface area contributed by atoms with Crippen molar-refractivity contribution in [1.82, 2.24) is 9.97 Å². The predicted octanol–water partition coefficient (Wildman–Crippen LogP) is 2.36. The van der Waals surface area contributed by atoms with Crippen LogP contribution in [0.1, 0.15) is 50.3 Å². The van der Waals surface area contributed by atoms with E-state index in [1.807, 2.05) is 13.1 Å². The number of aliphatic hydroxyl groups is 1. The maximum absolute atomic E-state index is 9.54. The molecule has 110 valence electrons. The maximum Gasteiger partial charge on any atom is 0.136 e. The number of aliphatic hydroxyl groups excluding tert-OH is 1. The first-order valence-electron chi connectivity index (χ1n) is 7.73. The van der Waals surface area contributed by atoms with Gasteiger partial charge in [-0.15, -0.1) is 0 Å². The van der Waals surface area contributed by atoms with Crippen molar-refractivity contribution in [2.45, 2.75) is 50.5 Å². The van der Waals surface area contributed by atoms with Crippen molar-refractivity contribution in [3.63, 3.8) is 0 Å². The van der Waals surface area contributed by atoms with Crippen LogP contribution in [0.15, 0.2) is 6.07 Å². The third kappa shape index (κ3) is 3.39. The molecule has 5 heteroatoms. The lowest BCUT2D eigenvalue weighted by Gasteiger charge is -2.25. The molecule has 1 heterocycles. The fourth-order valence-corrected chi connectivity index (χ4v) is 2.81. The molecule has 2 fully saturated rings. The summed E-state index contributed by atoms with van der Waals surface area (Å²) in [7, 11) is 1.89. The molecule has 3 rings (SSSR count). The second-order valence-electron chi connectivity index (χ2n) is 6.08. The van der Waals surface area contributed by atoms with Crippen LogP contribution in [0.2, 0.25) is 0 Å². The Balaban J connectivity index is 1.60. The molecule has 0 saturated heterocycles. The van der Waals surface area contributed by atoms with E-state index in [1.54, 1.807) is 0 Å². The lowest BCUT2D eigenvalue weighted by molar-refractivity contribution is 0.111. The summed E-state index contributed by atoms with van der Waals surface area (Å²) in [4.78, 5) is 9.15. The molecule has 0 radical (unpaired) electrons. The second-order valence-corrected chi connectivity index (χ2v) is 6.08. The lowest BCUT2D eigenvalue weighted by Crippen LogP contribution is -2.24. The van der Waals surface area contributed by atoms with Crippen molar-refractivity contribution >= 4 is 11.6 Å². The van der Waals surface area contributed by atoms with Crippen LogP contribution < -0.4 is 10.6 Å². The molecule has 0 amide bonds. The van der Waals surface area contributed by atoms with Crippen LogP contribution in [0.5, 0.6) is 0 Å². The second kappa shape index (κ2) is 5.95. The van der Waals surface area contributed by atoms with Gasteiger partial charge in [-0.05, 0) is 44.4 Å². The summed E-state index contributed by atoms with van der Waals surface area (Å²) >= 11 is 0. The monoisotopic (exact) mass is 276 g/mol. The van der Waals surface area contributed by atoms with E-state index in [2.05, 4.69) is 20.6 Å². The van der Waals surface area contributed by atoms with Gasteiger partial charge in [0.1, 0.15) is 17.5 Å². The van der Waals surface area contributed by atoms with E-state index in [4.69, 9.17) is 0 Å². The van der Waals surface area contributed by atoms with E-state index in [9.17, 15) is 5.11 Å². The van der Waals surface area contributed by atoms with Gasteiger partial charge in [0.25, 0.3) is 0 Å². The molecule has 2 saturated carbocycles. The predicted molar refractivity (Wildman–Crippen MR) is 80.0 cm³/mol. The van der Waals surface area contributed by atoms with Gasteiger partial charge in [-0.3, -0.25) is 0 Å². The molecule has 20 heavy (non-hydrogen) atoms. The minimum atomic E-state index is -0.0809. The minimum absolute atomic E-state index is 0.0809. The summed E-state index contributed by atoms with van der Waals surface area (Å²) in [6.45, 7) is 0.941. The first kappa shape index (κ1) is 13.6. The Bertz CT molecular complexity index is 453. The summed E-state index contributed by atoms with van der Waals surface area (Å²) in [5, 5.41) is 16.1. The average molecular weight is 276 g/mol. The van der Waals surface area contributed by atoms with Crippen molar-refractivity contribution in [3.8, 4) is 0 Å². The average Bonchev–Trinajstić information content (AvgIpc) is 3.31. The molecule has 0 unspecified atom stereocenters. The molecule has 2 aliphatic rings. The van der Waals surface area contributed by atoms with Crippen LogP contribution in [0, 0.1) is 5.92 Å². The summed E-state index contributed by atoms with van der Waals surface area (Å²) in [6, 6.07) is 1.98. The lowest BCUT2D eigenvalue weighted by atomic mass is 9.87. The van der Waals surface area contributed by atoms with Crippen LogP contribution in [-0.2, 0) is 0 Å². The van der Waals surface area contributed by atoms with Crippen molar-refractivity contribution in [3.05, 3.63) is 11.9 Å². The van der Waals surface area contributed by atoms with Gasteiger partial charge in [0.05, 0.1) is 6.10 Å². The molecule has 3 N–H and O–H groups in total. The topological polar surface area (TPSA) is 70.1 Å². The highest BCUT2D eigenvalue weighted by molar-refractivity contribution is 5.47. The van der Waals surface area contributed by atoms with E-state index in [-0.39, 0.29) is 6.10 Å². The largest absolute Gasteiger partial charge is 0.393 e. The molecule has 0 aliphatic heterocycles. The highest BCUT2D eigenvalue weighted by Gasteiger charge is 2.27. The number of anilines is 2. The zero-order valence-electron chi connectivity index (χ0n) is 12.1. The van der Waals surface area contributed by atoms with Crippen LogP contribution in [0.4, 0.5) is 11.6 Å². The zero-order valence-corrected chi connectivity index (χ0v) is 12.1. The van der Waals surface area contributed by atoms with E-state index in [0.717, 1.165) is 49.7 Å². The van der Waals surface area contributed by atoms with Crippen LogP contribution >= 0.6 is 0 Å². The molecular weight excluding hydrogens is 252 g/mol. The van der Waals surface area contributed by atoms with Crippen LogP contribution in [0.3, 0.4) is 0 Å². The van der Waals surface area contributed by atoms with Gasteiger partial charge in [-0.1, -0.05) is 0 Å². The number of rotatable bonds is 5. The maximum atomic E-state index is 9.54. The Labute approximate surface area is 120 Å². The first-order chi connectivity index (χ1) is 9.74. The molecule has 0 atom stereocenters. The molecule has 0 spiro atoms. The van der Waals surface area contributed by atoms with Gasteiger partial charge in [0.15, 0.2) is 0 Å². The highest BCUT2D eigenvalue weighted by Crippen LogP contribution is 2.38. The third-order valence-electron chi connectivity index (χ3n) is 4.33. The SMILES string of the molecule is CNc1cc(NCC2CCC(O)CC2)nc(C2CC2)n1. The number of nitrogens with one attached hydrogen (secondary N) is 2. The Morgan fingerprint density at radius 3 is 2.45 bits per heavy atom. The van der Waals surface area contributed by atoms with E-state index >= 15 is 0 Å². The molecule has 1 aromatic rings. The van der Waals surface area contributed by atoms with E-state index in [1.165, 1.54) is 12.8 Å². The molecule has 5 nitrogen and oxygen atoms in total. The highest BCUT2D eigenvalue weighted by atomic mass is 16.3. The minimum Gasteiger partial charge on any atom is -0.393 e. The Morgan fingerprint density at radius 2 is 1.80 bits per heavy atom. The Hall–Kier alpha value is -1.36. The summed E-state index contributed by atoms with van der Waals surface area (Å²) in [5.74, 6) is 4.00. The smallest absolute Gasteiger partial charge is 0.136 e. The standard InChI is InChI=1S/C15H24N4O/c1-16-13-8-14(19-15(18-13)11-4-5-11)17-9-10-2-6-12(20)7-3-10/h8,10-12,20H,2-7,9H2,1H3,(H2,16,17,18,19). The number of hydrogen-bond acceptors (Lipinski definition) is 5. The van der Waals surface area contributed by atoms with E-state index < -0.39 is 0 Å². The molecular formula is C15H24N4O. The van der Waals surface area contributed by atoms with Crippen molar-refractivity contribution in [1.29, 1.82) is 0 Å². The fraction of sp³-hybridized carbons (Fsp3) is 0.733. The Morgan fingerprint density at radius 1 is 1.10 bits per heavy atom. The number of hydrogen-bond donors (Lipinski definition) is 3.